The van der Waals surface area contributed by atoms with Gasteiger partial charge >= 0.3 is 5.97 Å². The highest BCUT2D eigenvalue weighted by Gasteiger charge is 2.27. The molecular formula is C23H24N2O5. The molecule has 2 amide bonds. The van der Waals surface area contributed by atoms with Crippen LogP contribution in [-0.4, -0.2) is 36.2 Å². The average Bonchev–Trinajstić information content (AvgIpc) is 2.75. The number of ether oxygens (including phenoxy) is 1. The van der Waals surface area contributed by atoms with Crippen LogP contribution >= 0.6 is 0 Å². The van der Waals surface area contributed by atoms with Crippen molar-refractivity contribution in [3.8, 4) is 0 Å². The Morgan fingerprint density at radius 2 is 1.77 bits per heavy atom. The van der Waals surface area contributed by atoms with Gasteiger partial charge in [0.25, 0.3) is 5.91 Å². The molecule has 1 atom stereocenters. The van der Waals surface area contributed by atoms with Crippen LogP contribution < -0.4 is 10.6 Å². The van der Waals surface area contributed by atoms with Crippen molar-refractivity contribution in [1.82, 2.24) is 5.32 Å². The highest BCUT2D eigenvalue weighted by Crippen LogP contribution is 2.23. The summed E-state index contributed by atoms with van der Waals surface area (Å²) in [5, 5.41) is 5.44. The summed E-state index contributed by atoms with van der Waals surface area (Å²) in [6, 6.07) is 12.7. The number of anilines is 1. The second-order valence-corrected chi connectivity index (χ2v) is 7.51. The number of rotatable bonds is 7. The largest absolute Gasteiger partial charge is 0.456 e. The van der Waals surface area contributed by atoms with Gasteiger partial charge < -0.3 is 15.4 Å². The number of hydrogen-bond acceptors (Lipinski definition) is 5. The number of aryl methyl sites for hydroxylation is 1. The average molecular weight is 408 g/mol. The van der Waals surface area contributed by atoms with Crippen LogP contribution in [0.5, 0.6) is 0 Å². The first-order valence-electron chi connectivity index (χ1n) is 9.83. The molecule has 0 saturated heterocycles. The summed E-state index contributed by atoms with van der Waals surface area (Å²) in [7, 11) is 0. The molecule has 30 heavy (non-hydrogen) atoms. The molecule has 0 aliphatic carbocycles. The lowest BCUT2D eigenvalue weighted by Gasteiger charge is -2.21. The van der Waals surface area contributed by atoms with Crippen LogP contribution in [0.1, 0.15) is 46.5 Å². The van der Waals surface area contributed by atoms with Gasteiger partial charge in [0.1, 0.15) is 6.04 Å². The number of Topliss-reactive ketones (excluding diaryl/α,β-unsaturated/α-hetero) is 1. The molecule has 0 aromatic heterocycles. The molecule has 1 aliphatic rings. The topological polar surface area (TPSA) is 102 Å². The molecule has 0 fully saturated rings. The van der Waals surface area contributed by atoms with Crippen molar-refractivity contribution in [2.45, 2.75) is 32.7 Å². The van der Waals surface area contributed by atoms with Crippen molar-refractivity contribution in [2.75, 3.05) is 11.9 Å². The Morgan fingerprint density at radius 3 is 2.47 bits per heavy atom. The molecule has 3 rings (SSSR count). The predicted octanol–water partition coefficient (Wildman–Crippen LogP) is 2.75. The Labute approximate surface area is 174 Å². The maximum Gasteiger partial charge on any atom is 0.329 e. The zero-order valence-electron chi connectivity index (χ0n) is 16.9. The van der Waals surface area contributed by atoms with Crippen molar-refractivity contribution < 1.29 is 23.9 Å². The molecule has 0 bridgehead atoms. The molecule has 2 N–H and O–H groups in total. The van der Waals surface area contributed by atoms with Crippen molar-refractivity contribution in [1.29, 1.82) is 0 Å². The third-order valence-corrected chi connectivity index (χ3v) is 4.91. The van der Waals surface area contributed by atoms with Crippen molar-refractivity contribution in [3.63, 3.8) is 0 Å². The van der Waals surface area contributed by atoms with Gasteiger partial charge in [-0.25, -0.2) is 4.79 Å². The molecule has 2 aromatic rings. The fraction of sp³-hybridized carbons (Fsp3) is 0.304. The van der Waals surface area contributed by atoms with Gasteiger partial charge in [0.15, 0.2) is 12.4 Å². The lowest BCUT2D eigenvalue weighted by Crippen LogP contribution is -2.45. The smallest absolute Gasteiger partial charge is 0.329 e. The first-order chi connectivity index (χ1) is 14.3. The van der Waals surface area contributed by atoms with Crippen molar-refractivity contribution >= 4 is 29.3 Å². The Balaban J connectivity index is 1.60. The molecule has 1 aliphatic heterocycles. The SMILES string of the molecule is CC(C)[C@H](NC(=O)c1ccccc1)C(=O)OCC(=O)c1ccc2c(c1)CCC(=O)N2. The quantitative estimate of drug-likeness (QED) is 0.542. The van der Waals surface area contributed by atoms with Crippen LogP contribution in [0.2, 0.25) is 0 Å². The van der Waals surface area contributed by atoms with Gasteiger partial charge in [-0.15, -0.1) is 0 Å². The summed E-state index contributed by atoms with van der Waals surface area (Å²) in [6.45, 7) is 3.15. The molecule has 7 nitrogen and oxygen atoms in total. The number of benzene rings is 2. The van der Waals surface area contributed by atoms with E-state index >= 15 is 0 Å². The fourth-order valence-corrected chi connectivity index (χ4v) is 3.18. The molecule has 2 aromatic carbocycles. The third-order valence-electron chi connectivity index (χ3n) is 4.91. The van der Waals surface area contributed by atoms with Gasteiger partial charge in [0, 0.05) is 23.2 Å². The second-order valence-electron chi connectivity index (χ2n) is 7.51. The molecule has 0 spiro atoms. The summed E-state index contributed by atoms with van der Waals surface area (Å²) in [4.78, 5) is 48.8. The first kappa shape index (κ1) is 21.2. The highest BCUT2D eigenvalue weighted by molar-refractivity contribution is 6.01. The van der Waals surface area contributed by atoms with E-state index in [9.17, 15) is 19.2 Å². The number of nitrogens with one attached hydrogen (secondary N) is 2. The number of amides is 2. The van der Waals surface area contributed by atoms with Crippen LogP contribution in [-0.2, 0) is 20.7 Å². The van der Waals surface area contributed by atoms with E-state index in [1.54, 1.807) is 62.4 Å². The van der Waals surface area contributed by atoms with E-state index < -0.39 is 18.6 Å². The Morgan fingerprint density at radius 1 is 1.03 bits per heavy atom. The molecule has 1 heterocycles. The standard InChI is InChI=1S/C23H24N2O5/c1-14(2)21(25-22(28)15-6-4-3-5-7-15)23(29)30-13-19(26)17-8-10-18-16(12-17)9-11-20(27)24-18/h3-8,10,12,14,21H,9,11,13H2,1-2H3,(H,24,27)(H,25,28)/t21-/m0/s1. The van der Waals surface area contributed by atoms with Crippen LogP contribution in [0.4, 0.5) is 5.69 Å². The highest BCUT2D eigenvalue weighted by atomic mass is 16.5. The second kappa shape index (κ2) is 9.35. The summed E-state index contributed by atoms with van der Waals surface area (Å²) in [6.07, 6.45) is 0.930. The van der Waals surface area contributed by atoms with Gasteiger partial charge in [-0.3, -0.25) is 14.4 Å². The minimum Gasteiger partial charge on any atom is -0.456 e. The summed E-state index contributed by atoms with van der Waals surface area (Å²) >= 11 is 0. The summed E-state index contributed by atoms with van der Waals surface area (Å²) in [5.74, 6) is -1.65. The summed E-state index contributed by atoms with van der Waals surface area (Å²) in [5.41, 5.74) is 2.42. The minimum absolute atomic E-state index is 0.0483. The maximum atomic E-state index is 12.5. The fourth-order valence-electron chi connectivity index (χ4n) is 3.18. The van der Waals surface area contributed by atoms with E-state index in [1.165, 1.54) is 0 Å². The van der Waals surface area contributed by atoms with Gasteiger partial charge in [-0.05, 0) is 48.2 Å². The monoisotopic (exact) mass is 408 g/mol. The van der Waals surface area contributed by atoms with Crippen molar-refractivity contribution in [2.24, 2.45) is 5.92 Å². The van der Waals surface area contributed by atoms with E-state index in [0.717, 1.165) is 5.56 Å². The normalized spacial score (nSPS) is 13.8. The molecule has 0 unspecified atom stereocenters. The van der Waals surface area contributed by atoms with Crippen LogP contribution in [0.3, 0.4) is 0 Å². The molecule has 0 saturated carbocycles. The van der Waals surface area contributed by atoms with Gasteiger partial charge in [-0.1, -0.05) is 32.0 Å². The van der Waals surface area contributed by atoms with Gasteiger partial charge in [-0.2, -0.15) is 0 Å². The number of carbonyl (C=O) groups is 4. The van der Waals surface area contributed by atoms with Gasteiger partial charge in [0.2, 0.25) is 5.91 Å². The molecule has 7 heteroatoms. The third kappa shape index (κ3) is 5.11. The van der Waals surface area contributed by atoms with Crippen LogP contribution in [0.25, 0.3) is 0 Å². The predicted molar refractivity (Wildman–Crippen MR) is 111 cm³/mol. The Kier molecular flexibility index (Phi) is 6.61. The number of ketones is 1. The minimum atomic E-state index is -0.871. The number of carbonyl (C=O) groups excluding carboxylic acids is 4. The molecular weight excluding hydrogens is 384 g/mol. The first-order valence-corrected chi connectivity index (χ1v) is 9.83. The van der Waals surface area contributed by atoms with Gasteiger partial charge in [0.05, 0.1) is 0 Å². The maximum absolute atomic E-state index is 12.5. The zero-order chi connectivity index (χ0) is 21.7. The number of hydrogen-bond donors (Lipinski definition) is 2. The van der Waals surface area contributed by atoms with Crippen molar-refractivity contribution in [3.05, 3.63) is 65.2 Å². The van der Waals surface area contributed by atoms with E-state index in [-0.39, 0.29) is 23.5 Å². The summed E-state index contributed by atoms with van der Waals surface area (Å²) < 4.78 is 5.21. The number of esters is 1. The Bertz CT molecular complexity index is 969. The lowest BCUT2D eigenvalue weighted by atomic mass is 9.99. The molecule has 156 valence electrons. The van der Waals surface area contributed by atoms with E-state index in [0.29, 0.717) is 29.7 Å². The van der Waals surface area contributed by atoms with E-state index in [2.05, 4.69) is 10.6 Å². The van der Waals surface area contributed by atoms with Crippen LogP contribution in [0.15, 0.2) is 48.5 Å². The van der Waals surface area contributed by atoms with Crippen LogP contribution in [0, 0.1) is 5.92 Å². The Hall–Kier alpha value is -3.48. The van der Waals surface area contributed by atoms with E-state index in [1.807, 2.05) is 0 Å². The molecule has 0 radical (unpaired) electrons. The zero-order valence-corrected chi connectivity index (χ0v) is 16.9. The van der Waals surface area contributed by atoms with E-state index in [4.69, 9.17) is 4.74 Å². The lowest BCUT2D eigenvalue weighted by molar-refractivity contribution is -0.146. The number of fused-ring (bicyclic) bond motifs is 1.